The van der Waals surface area contributed by atoms with Gasteiger partial charge in [-0.05, 0) is 27.7 Å². The number of aliphatic hydroxyl groups excluding tert-OH is 2. The zero-order valence-electron chi connectivity index (χ0n) is 17.7. The van der Waals surface area contributed by atoms with E-state index in [0.29, 0.717) is 0 Å². The quantitative estimate of drug-likeness (QED) is 0.353. The molecule has 14 heteroatoms. The van der Waals surface area contributed by atoms with Gasteiger partial charge in [-0.2, -0.15) is 0 Å². The average molecular weight is 511 g/mol. The maximum Gasteiger partial charge on any atom is 0.377 e. The van der Waals surface area contributed by atoms with E-state index in [1.165, 1.54) is 0 Å². The molecule has 0 aromatic rings. The predicted molar refractivity (Wildman–Crippen MR) is 116 cm³/mol. The Hall–Kier alpha value is 0.840. The lowest BCUT2D eigenvalue weighted by Crippen LogP contribution is -2.52. The molecular weight excluding hydrogens is 478 g/mol. The summed E-state index contributed by atoms with van der Waals surface area (Å²) in [7, 11) is -8.35. The number of ether oxygens (including phenoxy) is 2. The second-order valence-electron chi connectivity index (χ2n) is 6.30. The first-order chi connectivity index (χ1) is 14.3. The fourth-order valence-electron chi connectivity index (χ4n) is 3.24. The third-order valence-corrected chi connectivity index (χ3v) is 14.3. The van der Waals surface area contributed by atoms with Crippen molar-refractivity contribution in [1.29, 1.82) is 0 Å². The van der Waals surface area contributed by atoms with Gasteiger partial charge in [0.05, 0.1) is 51.8 Å². The van der Waals surface area contributed by atoms with Crippen LogP contribution in [-0.2, 0) is 36.7 Å². The molecule has 2 saturated heterocycles. The van der Waals surface area contributed by atoms with Crippen molar-refractivity contribution in [3.8, 4) is 0 Å². The van der Waals surface area contributed by atoms with Crippen LogP contribution in [0.25, 0.3) is 0 Å². The number of aliphatic hydroxyl groups is 2. The van der Waals surface area contributed by atoms with Crippen molar-refractivity contribution >= 4 is 38.7 Å². The van der Waals surface area contributed by atoms with E-state index in [0.717, 1.165) is 23.5 Å². The molecule has 0 saturated carbocycles. The van der Waals surface area contributed by atoms with Gasteiger partial charge < -0.3 is 37.8 Å². The van der Waals surface area contributed by atoms with E-state index in [9.17, 15) is 19.3 Å². The average Bonchev–Trinajstić information content (AvgIpc) is 3.35. The van der Waals surface area contributed by atoms with Crippen molar-refractivity contribution in [3.05, 3.63) is 0 Å². The lowest BCUT2D eigenvalue weighted by atomic mass is 10.4. The molecule has 30 heavy (non-hydrogen) atoms. The molecule has 4 unspecified atom stereocenters. The van der Waals surface area contributed by atoms with Gasteiger partial charge in [-0.1, -0.05) is 0 Å². The molecule has 2 fully saturated rings. The molecule has 2 aliphatic rings. The fraction of sp³-hybridized carbons (Fsp3) is 1.00. The third-order valence-electron chi connectivity index (χ3n) is 4.31. The molecule has 2 aliphatic heterocycles. The summed E-state index contributed by atoms with van der Waals surface area (Å²) in [6.07, 6.45) is -1.45. The fourth-order valence-corrected chi connectivity index (χ4v) is 13.3. The van der Waals surface area contributed by atoms with Crippen molar-refractivity contribution in [2.75, 3.05) is 51.1 Å². The van der Waals surface area contributed by atoms with Crippen LogP contribution in [0.2, 0.25) is 0 Å². The molecule has 0 bridgehead atoms. The van der Waals surface area contributed by atoms with Crippen LogP contribution in [0.4, 0.5) is 0 Å². The van der Waals surface area contributed by atoms with Gasteiger partial charge in [0, 0.05) is 11.5 Å². The molecule has 2 rings (SSSR count). The van der Waals surface area contributed by atoms with E-state index in [1.807, 2.05) is 0 Å². The molecule has 0 radical (unpaired) electrons. The number of thioether (sulfide) groups is 2. The Morgan fingerprint density at radius 1 is 0.767 bits per heavy atom. The molecule has 0 aromatic heterocycles. The minimum atomic E-state index is -4.17. The highest BCUT2D eigenvalue weighted by atomic mass is 32.2. The van der Waals surface area contributed by atoms with E-state index < -0.39 is 36.7 Å². The summed E-state index contributed by atoms with van der Waals surface area (Å²) in [6.45, 7) is 6.02. The third kappa shape index (κ3) is 4.58. The summed E-state index contributed by atoms with van der Waals surface area (Å²) in [4.78, 5) is 0. The lowest BCUT2D eigenvalue weighted by Gasteiger charge is -2.47. The van der Waals surface area contributed by atoms with Crippen LogP contribution >= 0.6 is 38.7 Å². The highest BCUT2D eigenvalue weighted by molar-refractivity contribution is 8.12. The van der Waals surface area contributed by atoms with Crippen LogP contribution in [0.15, 0.2) is 0 Å². The molecule has 0 aromatic carbocycles. The topological polar surface area (TPSA) is 130 Å². The lowest BCUT2D eigenvalue weighted by molar-refractivity contribution is -0.102. The molecule has 4 atom stereocenters. The Morgan fingerprint density at radius 3 is 1.27 bits per heavy atom. The standard InChI is InChI=1S/C16H32O10P2S2/c1-5-21-27(19,22-6-2)15(25-13(9-17)11-29-15)16(26-14(10-18)12-30-16)28(20,23-7-3)24-8-4/h13-14,17-18H,5-12H2,1-4H3. The van der Waals surface area contributed by atoms with Crippen LogP contribution < -0.4 is 0 Å². The number of hydrogen-bond acceptors (Lipinski definition) is 12. The van der Waals surface area contributed by atoms with E-state index in [1.54, 1.807) is 27.7 Å². The maximum atomic E-state index is 14.2. The molecular formula is C16H32O10P2S2. The summed E-state index contributed by atoms with van der Waals surface area (Å²) in [5, 5.41) is 19.5. The minimum absolute atomic E-state index is 0.0322. The molecule has 0 amide bonds. The Morgan fingerprint density at radius 2 is 1.07 bits per heavy atom. The highest BCUT2D eigenvalue weighted by Crippen LogP contribution is 2.84. The second-order valence-corrected chi connectivity index (χ2v) is 13.6. The van der Waals surface area contributed by atoms with Crippen LogP contribution in [0, 0.1) is 0 Å². The Bertz CT molecular complexity index is 582. The number of hydrogen-bond donors (Lipinski definition) is 2. The largest absolute Gasteiger partial charge is 0.394 e. The van der Waals surface area contributed by atoms with Gasteiger partial charge in [0.25, 0.3) is 9.35 Å². The summed E-state index contributed by atoms with van der Waals surface area (Å²) >= 11 is 2.08. The zero-order valence-corrected chi connectivity index (χ0v) is 21.1. The monoisotopic (exact) mass is 510 g/mol. The number of rotatable bonds is 13. The van der Waals surface area contributed by atoms with E-state index in [-0.39, 0.29) is 51.1 Å². The highest BCUT2D eigenvalue weighted by Gasteiger charge is 2.80. The van der Waals surface area contributed by atoms with Crippen LogP contribution in [0.3, 0.4) is 0 Å². The van der Waals surface area contributed by atoms with Crippen LogP contribution in [-0.4, -0.2) is 82.9 Å². The molecule has 0 spiro atoms. The van der Waals surface area contributed by atoms with Crippen molar-refractivity contribution in [2.45, 2.75) is 49.3 Å². The zero-order chi connectivity index (χ0) is 22.5. The maximum absolute atomic E-state index is 14.2. The van der Waals surface area contributed by atoms with Gasteiger partial charge in [-0.25, -0.2) is 0 Å². The Kier molecular flexibility index (Phi) is 10.2. The van der Waals surface area contributed by atoms with Crippen LogP contribution in [0.1, 0.15) is 27.7 Å². The van der Waals surface area contributed by atoms with Crippen molar-refractivity contribution in [2.24, 2.45) is 0 Å². The SMILES string of the molecule is CCOP(=O)(OCC)C1(C2(P(=O)(OCC)OCC)OC(CO)CS2)OC(CO)CS1. The molecule has 2 N–H and O–H groups in total. The first-order valence-corrected chi connectivity index (χ1v) is 15.0. The van der Waals surface area contributed by atoms with Crippen molar-refractivity contribution in [3.63, 3.8) is 0 Å². The van der Waals surface area contributed by atoms with Gasteiger partial charge >= 0.3 is 15.2 Å². The first kappa shape index (κ1) is 27.1. The van der Waals surface area contributed by atoms with Gasteiger partial charge in [-0.15, -0.1) is 23.5 Å². The minimum Gasteiger partial charge on any atom is -0.394 e. The van der Waals surface area contributed by atoms with Crippen molar-refractivity contribution < 1.29 is 46.9 Å². The van der Waals surface area contributed by atoms with Crippen LogP contribution in [0.5, 0.6) is 0 Å². The van der Waals surface area contributed by atoms with Gasteiger partial charge in [0.1, 0.15) is 0 Å². The molecule has 178 valence electrons. The van der Waals surface area contributed by atoms with E-state index >= 15 is 0 Å². The van der Waals surface area contributed by atoms with Crippen molar-refractivity contribution in [1.82, 2.24) is 0 Å². The predicted octanol–water partition coefficient (Wildman–Crippen LogP) is 3.07. The second kappa shape index (κ2) is 11.3. The molecule has 10 nitrogen and oxygen atoms in total. The summed E-state index contributed by atoms with van der Waals surface area (Å²) in [5.41, 5.74) is 0. The Balaban J connectivity index is 2.77. The molecule has 2 heterocycles. The van der Waals surface area contributed by atoms with Gasteiger partial charge in [0.15, 0.2) is 0 Å². The Labute approximate surface area is 186 Å². The van der Waals surface area contributed by atoms with Gasteiger partial charge in [-0.3, -0.25) is 9.13 Å². The molecule has 0 aliphatic carbocycles. The van der Waals surface area contributed by atoms with E-state index in [2.05, 4.69) is 0 Å². The summed E-state index contributed by atoms with van der Waals surface area (Å²) in [6, 6.07) is 0. The first-order valence-electron chi connectivity index (χ1n) is 9.91. The smallest absolute Gasteiger partial charge is 0.377 e. The van der Waals surface area contributed by atoms with Gasteiger partial charge in [0.2, 0.25) is 0 Å². The van der Waals surface area contributed by atoms with E-state index in [4.69, 9.17) is 27.6 Å². The summed E-state index contributed by atoms with van der Waals surface area (Å²) in [5.74, 6) is 0.461. The normalized spacial score (nSPS) is 32.7. The summed E-state index contributed by atoms with van der Waals surface area (Å²) < 4.78 is 59.2.